The number of benzene rings is 1. The molecule has 0 heterocycles. The SMILES string of the molecule is C[SiH](C)C(C)(C)COCC(CCOCc1ccccc1)CO[Si](C)(C)C(C)(C)C. The minimum Gasteiger partial charge on any atom is -0.416 e. The van der Waals surface area contributed by atoms with Gasteiger partial charge in [0.2, 0.25) is 0 Å². The molecular weight excluding hydrogens is 392 g/mol. The smallest absolute Gasteiger partial charge is 0.191 e. The van der Waals surface area contributed by atoms with E-state index in [4.69, 9.17) is 13.9 Å². The molecule has 0 saturated heterocycles. The first kappa shape index (κ1) is 26.6. The van der Waals surface area contributed by atoms with E-state index in [0.29, 0.717) is 17.6 Å². The highest BCUT2D eigenvalue weighted by molar-refractivity contribution is 6.74. The number of ether oxygens (including phenoxy) is 2. The Morgan fingerprint density at radius 3 is 2.10 bits per heavy atom. The van der Waals surface area contributed by atoms with Gasteiger partial charge in [-0.25, -0.2) is 0 Å². The highest BCUT2D eigenvalue weighted by Crippen LogP contribution is 2.37. The standard InChI is InChI=1S/C24H46O3Si2/c1-23(2,3)29(8,9)27-19-22(18-26-20-24(4,5)28(6)7)15-16-25-17-21-13-11-10-12-14-21/h10-14,22,28H,15-20H2,1-9H3. The van der Waals surface area contributed by atoms with Crippen LogP contribution < -0.4 is 0 Å². The van der Waals surface area contributed by atoms with Crippen LogP contribution in [0.3, 0.4) is 0 Å². The minimum absolute atomic E-state index is 0.230. The van der Waals surface area contributed by atoms with Crippen molar-refractivity contribution in [2.45, 2.75) is 83.9 Å². The topological polar surface area (TPSA) is 27.7 Å². The van der Waals surface area contributed by atoms with Gasteiger partial charge in [0.05, 0.1) is 13.2 Å². The molecule has 0 N–H and O–H groups in total. The van der Waals surface area contributed by atoms with Gasteiger partial charge < -0.3 is 13.9 Å². The first-order valence-electron chi connectivity index (χ1n) is 11.2. The molecule has 1 aromatic carbocycles. The van der Waals surface area contributed by atoms with E-state index < -0.39 is 17.1 Å². The predicted molar refractivity (Wildman–Crippen MR) is 131 cm³/mol. The van der Waals surface area contributed by atoms with Gasteiger partial charge in [-0.3, -0.25) is 0 Å². The molecule has 5 heteroatoms. The lowest BCUT2D eigenvalue weighted by molar-refractivity contribution is 0.0383. The molecule has 0 spiro atoms. The largest absolute Gasteiger partial charge is 0.416 e. The van der Waals surface area contributed by atoms with Crippen LogP contribution in [0.5, 0.6) is 0 Å². The first-order valence-corrected chi connectivity index (χ1v) is 17.0. The molecular formula is C24H46O3Si2. The summed E-state index contributed by atoms with van der Waals surface area (Å²) < 4.78 is 18.7. The maximum atomic E-state index is 6.51. The van der Waals surface area contributed by atoms with Crippen molar-refractivity contribution in [3.05, 3.63) is 35.9 Å². The predicted octanol–water partition coefficient (Wildman–Crippen LogP) is 6.51. The third-order valence-electron chi connectivity index (χ3n) is 6.66. The summed E-state index contributed by atoms with van der Waals surface area (Å²) in [4.78, 5) is 0. The van der Waals surface area contributed by atoms with E-state index in [1.807, 2.05) is 6.07 Å². The average Bonchev–Trinajstić information content (AvgIpc) is 2.62. The Labute approximate surface area is 183 Å². The van der Waals surface area contributed by atoms with E-state index in [-0.39, 0.29) is 5.04 Å². The summed E-state index contributed by atoms with van der Waals surface area (Å²) in [7, 11) is -2.50. The van der Waals surface area contributed by atoms with E-state index in [0.717, 1.165) is 32.8 Å². The van der Waals surface area contributed by atoms with Crippen LogP contribution in [0.15, 0.2) is 30.3 Å². The fraction of sp³-hybridized carbons (Fsp3) is 0.750. The third kappa shape index (κ3) is 9.92. The van der Waals surface area contributed by atoms with Gasteiger partial charge in [0.1, 0.15) is 0 Å². The maximum Gasteiger partial charge on any atom is 0.191 e. The number of hydrogen-bond donors (Lipinski definition) is 0. The Morgan fingerprint density at radius 2 is 1.55 bits per heavy atom. The van der Waals surface area contributed by atoms with E-state index in [2.05, 4.69) is 85.1 Å². The zero-order chi connectivity index (χ0) is 22.1. The van der Waals surface area contributed by atoms with Crippen molar-refractivity contribution in [2.24, 2.45) is 5.92 Å². The van der Waals surface area contributed by atoms with Crippen LogP contribution in [0.25, 0.3) is 0 Å². The van der Waals surface area contributed by atoms with Crippen LogP contribution in [-0.4, -0.2) is 43.5 Å². The molecule has 1 rings (SSSR count). The molecule has 0 saturated carbocycles. The molecule has 1 aromatic rings. The Morgan fingerprint density at radius 1 is 0.931 bits per heavy atom. The first-order chi connectivity index (χ1) is 13.3. The van der Waals surface area contributed by atoms with Crippen molar-refractivity contribution in [1.82, 2.24) is 0 Å². The van der Waals surface area contributed by atoms with Crippen molar-refractivity contribution in [3.8, 4) is 0 Å². The maximum absolute atomic E-state index is 6.51. The van der Waals surface area contributed by atoms with Crippen molar-refractivity contribution in [3.63, 3.8) is 0 Å². The summed E-state index contributed by atoms with van der Waals surface area (Å²) in [5, 5.41) is 0.558. The van der Waals surface area contributed by atoms with Gasteiger partial charge in [0, 0.05) is 34.5 Å². The highest BCUT2D eigenvalue weighted by Gasteiger charge is 2.37. The normalized spacial score (nSPS) is 14.4. The Bertz CT molecular complexity index is 565. The molecule has 0 fully saturated rings. The lowest BCUT2D eigenvalue weighted by Crippen LogP contribution is -2.42. The highest BCUT2D eigenvalue weighted by atomic mass is 28.4. The number of rotatable bonds is 13. The molecule has 1 atom stereocenters. The molecule has 0 aliphatic heterocycles. The Balaban J connectivity index is 2.55. The molecule has 0 aliphatic rings. The molecule has 168 valence electrons. The second-order valence-electron chi connectivity index (χ2n) is 10.9. The Kier molecular flexibility index (Phi) is 10.8. The van der Waals surface area contributed by atoms with Gasteiger partial charge in [-0.2, -0.15) is 0 Å². The van der Waals surface area contributed by atoms with Crippen LogP contribution in [0, 0.1) is 5.92 Å². The van der Waals surface area contributed by atoms with Gasteiger partial charge in [-0.05, 0) is 35.2 Å². The lowest BCUT2D eigenvalue weighted by Gasteiger charge is -2.37. The molecule has 0 aromatic heterocycles. The van der Waals surface area contributed by atoms with E-state index in [1.165, 1.54) is 5.56 Å². The molecule has 29 heavy (non-hydrogen) atoms. The third-order valence-corrected chi connectivity index (χ3v) is 14.5. The zero-order valence-electron chi connectivity index (χ0n) is 20.5. The van der Waals surface area contributed by atoms with Crippen molar-refractivity contribution < 1.29 is 13.9 Å². The van der Waals surface area contributed by atoms with Crippen molar-refractivity contribution in [2.75, 3.05) is 26.4 Å². The lowest BCUT2D eigenvalue weighted by atomic mass is 10.1. The minimum atomic E-state index is -1.75. The summed E-state index contributed by atoms with van der Waals surface area (Å²) in [6, 6.07) is 10.4. The fourth-order valence-electron chi connectivity index (χ4n) is 2.43. The number of hydrogen-bond acceptors (Lipinski definition) is 3. The van der Waals surface area contributed by atoms with Gasteiger partial charge in [0.15, 0.2) is 8.32 Å². The monoisotopic (exact) mass is 438 g/mol. The summed E-state index contributed by atoms with van der Waals surface area (Å²) in [6.45, 7) is 24.8. The summed E-state index contributed by atoms with van der Waals surface area (Å²) in [5.41, 5.74) is 1.22. The summed E-state index contributed by atoms with van der Waals surface area (Å²) >= 11 is 0. The van der Waals surface area contributed by atoms with E-state index >= 15 is 0 Å². The van der Waals surface area contributed by atoms with Crippen LogP contribution in [0.1, 0.15) is 46.6 Å². The summed E-state index contributed by atoms with van der Waals surface area (Å²) in [6.07, 6.45) is 0.973. The Hall–Kier alpha value is -0.466. The molecule has 0 bridgehead atoms. The summed E-state index contributed by atoms with van der Waals surface area (Å²) in [5.74, 6) is 0.379. The van der Waals surface area contributed by atoms with Gasteiger partial charge in [-0.15, -0.1) is 0 Å². The van der Waals surface area contributed by atoms with Crippen LogP contribution in [0.4, 0.5) is 0 Å². The van der Waals surface area contributed by atoms with Crippen molar-refractivity contribution >= 4 is 17.1 Å². The van der Waals surface area contributed by atoms with Gasteiger partial charge in [-0.1, -0.05) is 78.0 Å². The van der Waals surface area contributed by atoms with E-state index in [1.54, 1.807) is 0 Å². The van der Waals surface area contributed by atoms with Crippen LogP contribution in [0.2, 0.25) is 36.3 Å². The quantitative estimate of drug-likeness (QED) is 0.259. The molecule has 0 radical (unpaired) electrons. The van der Waals surface area contributed by atoms with Crippen LogP contribution in [-0.2, 0) is 20.5 Å². The fourth-order valence-corrected chi connectivity index (χ4v) is 3.96. The van der Waals surface area contributed by atoms with Crippen LogP contribution >= 0.6 is 0 Å². The molecule has 0 amide bonds. The molecule has 1 unspecified atom stereocenters. The molecule has 3 nitrogen and oxygen atoms in total. The van der Waals surface area contributed by atoms with E-state index in [9.17, 15) is 0 Å². The second-order valence-corrected chi connectivity index (χ2v) is 19.6. The molecule has 0 aliphatic carbocycles. The van der Waals surface area contributed by atoms with Crippen molar-refractivity contribution in [1.29, 1.82) is 0 Å². The van der Waals surface area contributed by atoms with Gasteiger partial charge in [0.25, 0.3) is 0 Å². The average molecular weight is 439 g/mol. The second kappa shape index (κ2) is 11.8. The van der Waals surface area contributed by atoms with Gasteiger partial charge >= 0.3 is 0 Å². The zero-order valence-corrected chi connectivity index (χ0v) is 22.7.